The van der Waals surface area contributed by atoms with Crippen LogP contribution in [0.15, 0.2) is 54.7 Å². The highest BCUT2D eigenvalue weighted by Gasteiger charge is 2.48. The van der Waals surface area contributed by atoms with Crippen LogP contribution in [-0.2, 0) is 10.1 Å². The molecule has 5 nitrogen and oxygen atoms in total. The van der Waals surface area contributed by atoms with E-state index in [1.807, 2.05) is 12.1 Å². The van der Waals surface area contributed by atoms with E-state index in [4.69, 9.17) is 11.6 Å². The SMILES string of the molecule is Cc1nn(-c2ccc(OS(=O)(=O)C(F)(F)F)cc2)cc1-c1cccc(Cl)c1. The van der Waals surface area contributed by atoms with Crippen molar-refractivity contribution in [3.05, 3.63) is 65.4 Å². The molecule has 3 rings (SSSR count). The highest BCUT2D eigenvalue weighted by Crippen LogP contribution is 2.29. The summed E-state index contributed by atoms with van der Waals surface area (Å²) in [6, 6.07) is 12.3. The van der Waals surface area contributed by atoms with E-state index in [2.05, 4.69) is 9.28 Å². The molecule has 0 fully saturated rings. The Balaban J connectivity index is 1.87. The lowest BCUT2D eigenvalue weighted by Crippen LogP contribution is -2.28. The minimum Gasteiger partial charge on any atom is -0.376 e. The Kier molecular flexibility index (Phi) is 4.92. The highest BCUT2D eigenvalue weighted by molar-refractivity contribution is 7.88. The molecule has 0 bridgehead atoms. The molecule has 0 saturated carbocycles. The first kappa shape index (κ1) is 19.2. The van der Waals surface area contributed by atoms with E-state index in [0.29, 0.717) is 10.7 Å². The zero-order chi connectivity index (χ0) is 19.8. The van der Waals surface area contributed by atoms with Crippen LogP contribution in [0.1, 0.15) is 5.69 Å². The Morgan fingerprint density at radius 3 is 2.37 bits per heavy atom. The molecule has 1 heterocycles. The van der Waals surface area contributed by atoms with Crippen molar-refractivity contribution in [2.75, 3.05) is 0 Å². The van der Waals surface area contributed by atoms with E-state index < -0.39 is 21.4 Å². The van der Waals surface area contributed by atoms with Gasteiger partial charge in [-0.2, -0.15) is 26.7 Å². The van der Waals surface area contributed by atoms with Gasteiger partial charge in [0.05, 0.1) is 11.4 Å². The summed E-state index contributed by atoms with van der Waals surface area (Å²) in [5.41, 5.74) is -2.56. The first-order chi connectivity index (χ1) is 12.6. The average molecular weight is 417 g/mol. The van der Waals surface area contributed by atoms with Crippen LogP contribution in [0.25, 0.3) is 16.8 Å². The zero-order valence-corrected chi connectivity index (χ0v) is 15.3. The second-order valence-corrected chi connectivity index (χ2v) is 7.53. The maximum atomic E-state index is 12.4. The maximum Gasteiger partial charge on any atom is 0.534 e. The van der Waals surface area contributed by atoms with E-state index in [0.717, 1.165) is 29.0 Å². The summed E-state index contributed by atoms with van der Waals surface area (Å²) in [5, 5.41) is 4.94. The smallest absolute Gasteiger partial charge is 0.376 e. The van der Waals surface area contributed by atoms with Gasteiger partial charge in [0.1, 0.15) is 5.75 Å². The zero-order valence-electron chi connectivity index (χ0n) is 13.7. The fourth-order valence-corrected chi connectivity index (χ4v) is 3.01. The number of alkyl halides is 3. The van der Waals surface area contributed by atoms with Crippen LogP contribution in [-0.4, -0.2) is 23.7 Å². The van der Waals surface area contributed by atoms with E-state index in [9.17, 15) is 21.6 Å². The van der Waals surface area contributed by atoms with Crippen molar-refractivity contribution in [3.8, 4) is 22.6 Å². The van der Waals surface area contributed by atoms with Crippen LogP contribution >= 0.6 is 11.6 Å². The van der Waals surface area contributed by atoms with Gasteiger partial charge in [-0.05, 0) is 48.9 Å². The van der Waals surface area contributed by atoms with Gasteiger partial charge in [0.15, 0.2) is 0 Å². The predicted octanol–water partition coefficient (Wildman–Crippen LogP) is 4.73. The van der Waals surface area contributed by atoms with Crippen LogP contribution in [0.3, 0.4) is 0 Å². The number of benzene rings is 2. The molecule has 0 spiro atoms. The van der Waals surface area contributed by atoms with Crippen molar-refractivity contribution in [1.29, 1.82) is 0 Å². The number of hydrogen-bond donors (Lipinski definition) is 0. The molecule has 0 aliphatic carbocycles. The Bertz CT molecular complexity index is 1080. The second kappa shape index (κ2) is 6.90. The average Bonchev–Trinajstić information content (AvgIpc) is 2.96. The number of aromatic nitrogens is 2. The molecule has 0 aliphatic rings. The van der Waals surface area contributed by atoms with Crippen molar-refractivity contribution in [2.45, 2.75) is 12.4 Å². The van der Waals surface area contributed by atoms with E-state index in [1.54, 1.807) is 25.3 Å². The largest absolute Gasteiger partial charge is 0.534 e. The summed E-state index contributed by atoms with van der Waals surface area (Å²) in [6.45, 7) is 1.81. The number of rotatable bonds is 4. The molecule has 27 heavy (non-hydrogen) atoms. The fourth-order valence-electron chi connectivity index (χ4n) is 2.36. The van der Waals surface area contributed by atoms with Crippen molar-refractivity contribution in [1.82, 2.24) is 9.78 Å². The summed E-state index contributed by atoms with van der Waals surface area (Å²) >= 11 is 6.00. The third kappa shape index (κ3) is 4.09. The number of nitrogens with zero attached hydrogens (tertiary/aromatic N) is 2. The molecule has 0 amide bonds. The third-order valence-corrected chi connectivity index (χ3v) is 4.84. The Hall–Kier alpha value is -2.52. The van der Waals surface area contributed by atoms with Crippen molar-refractivity contribution < 1.29 is 25.8 Å². The lowest BCUT2D eigenvalue weighted by atomic mass is 10.1. The van der Waals surface area contributed by atoms with E-state index in [-0.39, 0.29) is 0 Å². The highest BCUT2D eigenvalue weighted by atomic mass is 35.5. The van der Waals surface area contributed by atoms with Gasteiger partial charge in [-0.1, -0.05) is 23.7 Å². The van der Waals surface area contributed by atoms with Crippen LogP contribution < -0.4 is 4.18 Å². The third-order valence-electron chi connectivity index (χ3n) is 3.63. The Morgan fingerprint density at radius 2 is 1.78 bits per heavy atom. The minimum atomic E-state index is -5.71. The summed E-state index contributed by atoms with van der Waals surface area (Å²) in [7, 11) is -5.71. The predicted molar refractivity (Wildman–Crippen MR) is 94.3 cm³/mol. The minimum absolute atomic E-state index is 0.449. The normalized spacial score (nSPS) is 12.2. The lowest BCUT2D eigenvalue weighted by molar-refractivity contribution is -0.0500. The molecule has 0 saturated heterocycles. The fraction of sp³-hybridized carbons (Fsp3) is 0.118. The number of hydrogen-bond acceptors (Lipinski definition) is 4. The molecule has 3 aromatic rings. The lowest BCUT2D eigenvalue weighted by Gasteiger charge is -2.09. The quantitative estimate of drug-likeness (QED) is 0.455. The van der Waals surface area contributed by atoms with Crippen molar-refractivity contribution in [2.24, 2.45) is 0 Å². The summed E-state index contributed by atoms with van der Waals surface area (Å²) in [5.74, 6) is -0.449. The van der Waals surface area contributed by atoms with Crippen molar-refractivity contribution >= 4 is 21.7 Å². The Labute approximate surface area is 158 Å². The number of halogens is 4. The Morgan fingerprint density at radius 1 is 1.11 bits per heavy atom. The number of aryl methyl sites for hydroxylation is 1. The molecule has 0 N–H and O–H groups in total. The molecule has 142 valence electrons. The van der Waals surface area contributed by atoms with Crippen LogP contribution in [0.5, 0.6) is 5.75 Å². The molecule has 2 aromatic carbocycles. The van der Waals surface area contributed by atoms with Crippen molar-refractivity contribution in [3.63, 3.8) is 0 Å². The molecule has 1 aromatic heterocycles. The molecule has 0 unspecified atom stereocenters. The molecule has 10 heteroatoms. The summed E-state index contributed by atoms with van der Waals surface area (Å²) < 4.78 is 64.8. The molecule has 0 atom stereocenters. The monoisotopic (exact) mass is 416 g/mol. The molecular formula is C17H12ClF3N2O3S. The van der Waals surface area contributed by atoms with Crippen LogP contribution in [0.4, 0.5) is 13.2 Å². The van der Waals surface area contributed by atoms with Crippen LogP contribution in [0, 0.1) is 6.92 Å². The van der Waals surface area contributed by atoms with Gasteiger partial charge in [-0.3, -0.25) is 0 Å². The van der Waals surface area contributed by atoms with Gasteiger partial charge in [-0.25, -0.2) is 4.68 Å². The van der Waals surface area contributed by atoms with Gasteiger partial charge < -0.3 is 4.18 Å². The van der Waals surface area contributed by atoms with Gasteiger partial charge in [0.25, 0.3) is 0 Å². The van der Waals surface area contributed by atoms with Crippen LogP contribution in [0.2, 0.25) is 5.02 Å². The first-order valence-electron chi connectivity index (χ1n) is 7.50. The van der Waals surface area contributed by atoms with E-state index >= 15 is 0 Å². The van der Waals surface area contributed by atoms with Gasteiger partial charge >= 0.3 is 15.6 Å². The molecular weight excluding hydrogens is 405 g/mol. The standard InChI is InChI=1S/C17H12ClF3N2O3S/c1-11-16(12-3-2-4-13(18)9-12)10-23(22-11)14-5-7-15(8-6-14)26-27(24,25)17(19,20)21/h2-10H,1H3. The molecule has 0 aliphatic heterocycles. The molecule has 0 radical (unpaired) electrons. The summed E-state index contributed by atoms with van der Waals surface area (Å²) in [4.78, 5) is 0. The maximum absolute atomic E-state index is 12.4. The van der Waals surface area contributed by atoms with E-state index in [1.165, 1.54) is 16.8 Å². The van der Waals surface area contributed by atoms with Gasteiger partial charge in [0, 0.05) is 16.8 Å². The van der Waals surface area contributed by atoms with Gasteiger partial charge in [0.2, 0.25) is 0 Å². The summed E-state index contributed by atoms with van der Waals surface area (Å²) in [6.07, 6.45) is 1.74. The second-order valence-electron chi connectivity index (χ2n) is 5.56. The van der Waals surface area contributed by atoms with Gasteiger partial charge in [-0.15, -0.1) is 0 Å². The first-order valence-corrected chi connectivity index (χ1v) is 9.29. The topological polar surface area (TPSA) is 61.2 Å².